The van der Waals surface area contributed by atoms with Gasteiger partial charge in [0.1, 0.15) is 13.2 Å². The largest absolute Gasteiger partial charge is 0.512 e. The molecule has 4 nitrogen and oxygen atoms in total. The van der Waals surface area contributed by atoms with E-state index in [1.54, 1.807) is 6.92 Å². The molecule has 0 saturated carbocycles. The molecular formula is C9H14O4P+. The van der Waals surface area contributed by atoms with Crippen LogP contribution in [0.25, 0.3) is 0 Å². The normalized spacial score (nSPS) is 10.5. The fraction of sp³-hybridized carbons (Fsp3) is 0.444. The number of carbonyl (C=O) groups excluding carboxylic acids is 1. The first-order valence-corrected chi connectivity index (χ1v) is 5.45. The van der Waals surface area contributed by atoms with E-state index in [4.69, 9.17) is 9.26 Å². The zero-order valence-electron chi connectivity index (χ0n) is 8.19. The van der Waals surface area contributed by atoms with E-state index in [0.29, 0.717) is 11.7 Å². The summed E-state index contributed by atoms with van der Waals surface area (Å²) in [7, 11) is -1.71. The van der Waals surface area contributed by atoms with Gasteiger partial charge in [0.2, 0.25) is 0 Å². The number of carbonyl (C=O) groups is 1. The topological polar surface area (TPSA) is 52.6 Å². The minimum atomic E-state index is -1.71. The summed E-state index contributed by atoms with van der Waals surface area (Å²) in [4.78, 5) is 10.8. The predicted molar refractivity (Wildman–Crippen MR) is 54.4 cm³/mol. The average Bonchev–Trinajstić information content (AvgIpc) is 2.12. The van der Waals surface area contributed by atoms with Crippen LogP contribution in [0.1, 0.15) is 6.92 Å². The van der Waals surface area contributed by atoms with Crippen molar-refractivity contribution < 1.29 is 18.6 Å². The van der Waals surface area contributed by atoms with Crippen molar-refractivity contribution in [3.63, 3.8) is 0 Å². The van der Waals surface area contributed by atoms with E-state index in [1.807, 2.05) is 0 Å². The highest BCUT2D eigenvalue weighted by molar-refractivity contribution is 7.39. The van der Waals surface area contributed by atoms with Gasteiger partial charge < -0.3 is 4.74 Å². The maximum atomic E-state index is 10.9. The van der Waals surface area contributed by atoms with Crippen LogP contribution in [-0.2, 0) is 18.6 Å². The van der Waals surface area contributed by atoms with Crippen molar-refractivity contribution in [1.29, 1.82) is 0 Å². The second kappa shape index (κ2) is 7.42. The van der Waals surface area contributed by atoms with Crippen LogP contribution >= 0.6 is 8.03 Å². The Kier molecular flexibility index (Phi) is 6.89. The highest BCUT2D eigenvalue weighted by atomic mass is 31.1. The van der Waals surface area contributed by atoms with Gasteiger partial charge in [0.05, 0.1) is 0 Å². The predicted octanol–water partition coefficient (Wildman–Crippen LogP) is 2.05. The third-order valence-electron chi connectivity index (χ3n) is 1.18. The summed E-state index contributed by atoms with van der Waals surface area (Å²) in [5, 5.41) is 0. The summed E-state index contributed by atoms with van der Waals surface area (Å²) in [5.41, 5.74) is 0.334. The van der Waals surface area contributed by atoms with Crippen LogP contribution in [0.3, 0.4) is 0 Å². The molecule has 5 heteroatoms. The van der Waals surface area contributed by atoms with Crippen molar-refractivity contribution in [3.05, 3.63) is 24.8 Å². The van der Waals surface area contributed by atoms with Gasteiger partial charge in [-0.2, -0.15) is 0 Å². The third-order valence-corrected chi connectivity index (χ3v) is 2.21. The Bertz CT molecular complexity index is 247. The number of allylic oxidation sites excluding steroid dienone is 1. The zero-order chi connectivity index (χ0) is 11.0. The van der Waals surface area contributed by atoms with E-state index in [2.05, 4.69) is 13.2 Å². The highest BCUT2D eigenvalue weighted by Gasteiger charge is 2.14. The first-order valence-electron chi connectivity index (χ1n) is 4.09. The summed E-state index contributed by atoms with van der Waals surface area (Å²) in [6.07, 6.45) is 1.82. The molecule has 0 bridgehead atoms. The summed E-state index contributed by atoms with van der Waals surface area (Å²) < 4.78 is 20.5. The van der Waals surface area contributed by atoms with Crippen molar-refractivity contribution in [1.82, 2.24) is 0 Å². The van der Waals surface area contributed by atoms with Crippen LogP contribution in [0.2, 0.25) is 0 Å². The van der Waals surface area contributed by atoms with Crippen LogP contribution in [-0.4, -0.2) is 25.3 Å². The molecule has 0 aromatic carbocycles. The molecular weight excluding hydrogens is 203 g/mol. The lowest BCUT2D eigenvalue weighted by molar-refractivity contribution is -0.139. The van der Waals surface area contributed by atoms with Crippen LogP contribution in [0.4, 0.5) is 0 Å². The Hall–Kier alpha value is -0.990. The Morgan fingerprint density at radius 1 is 1.50 bits per heavy atom. The van der Waals surface area contributed by atoms with Gasteiger partial charge in [-0.15, -0.1) is 4.52 Å². The van der Waals surface area contributed by atoms with E-state index in [-0.39, 0.29) is 13.2 Å². The maximum absolute atomic E-state index is 10.9. The van der Waals surface area contributed by atoms with Crippen molar-refractivity contribution in [2.24, 2.45) is 0 Å². The summed E-state index contributed by atoms with van der Waals surface area (Å²) in [5.74, 6) is -0.465. The molecule has 0 saturated heterocycles. The van der Waals surface area contributed by atoms with E-state index in [1.165, 1.54) is 6.08 Å². The summed E-state index contributed by atoms with van der Waals surface area (Å²) in [6, 6.07) is 0. The molecule has 0 aromatic heterocycles. The molecule has 0 N–H and O–H groups in total. The number of hydrogen-bond acceptors (Lipinski definition) is 4. The number of hydrogen-bond donors (Lipinski definition) is 0. The Balaban J connectivity index is 3.47. The molecule has 0 heterocycles. The van der Waals surface area contributed by atoms with Gasteiger partial charge in [-0.3, -0.25) is 0 Å². The highest BCUT2D eigenvalue weighted by Crippen LogP contribution is 2.20. The molecule has 0 aromatic rings. The third kappa shape index (κ3) is 6.52. The molecule has 0 aliphatic carbocycles. The maximum Gasteiger partial charge on any atom is 0.512 e. The monoisotopic (exact) mass is 217 g/mol. The van der Waals surface area contributed by atoms with Gasteiger partial charge in [-0.1, -0.05) is 13.2 Å². The molecule has 0 aliphatic rings. The molecule has 0 amide bonds. The van der Waals surface area contributed by atoms with Gasteiger partial charge in [-0.05, 0) is 17.6 Å². The number of esters is 1. The number of ether oxygens (including phenoxy) is 1. The Morgan fingerprint density at radius 3 is 2.64 bits per heavy atom. The standard InChI is InChI=1S/C9H14O4P/c1-4-7-14(11)13-6-5-12-9(10)8(2)3/h4H,1-2,5-7H2,3H3/q+1. The van der Waals surface area contributed by atoms with Crippen molar-refractivity contribution in [2.45, 2.75) is 6.92 Å². The molecule has 1 atom stereocenters. The Labute approximate surface area is 84.5 Å². The van der Waals surface area contributed by atoms with Gasteiger partial charge in [0.25, 0.3) is 0 Å². The minimum absolute atomic E-state index is 0.0872. The van der Waals surface area contributed by atoms with Gasteiger partial charge >= 0.3 is 14.0 Å². The molecule has 1 unspecified atom stereocenters. The Morgan fingerprint density at radius 2 is 2.14 bits per heavy atom. The molecule has 78 valence electrons. The second-order valence-corrected chi connectivity index (χ2v) is 3.84. The van der Waals surface area contributed by atoms with Gasteiger partial charge in [-0.25, -0.2) is 4.79 Å². The van der Waals surface area contributed by atoms with Crippen molar-refractivity contribution >= 4 is 14.0 Å². The smallest absolute Gasteiger partial charge is 0.460 e. The summed E-state index contributed by atoms with van der Waals surface area (Å²) >= 11 is 0. The van der Waals surface area contributed by atoms with Crippen molar-refractivity contribution in [3.8, 4) is 0 Å². The SMILES string of the molecule is C=CC[P+](=O)OCCOC(=O)C(=C)C. The van der Waals surface area contributed by atoms with Crippen LogP contribution in [0.5, 0.6) is 0 Å². The molecule has 0 spiro atoms. The van der Waals surface area contributed by atoms with Crippen molar-refractivity contribution in [2.75, 3.05) is 19.4 Å². The van der Waals surface area contributed by atoms with Gasteiger partial charge in [0.15, 0.2) is 6.16 Å². The zero-order valence-corrected chi connectivity index (χ0v) is 9.09. The van der Waals surface area contributed by atoms with Crippen LogP contribution in [0, 0.1) is 0 Å². The molecule has 0 aliphatic heterocycles. The second-order valence-electron chi connectivity index (χ2n) is 2.55. The molecule has 14 heavy (non-hydrogen) atoms. The fourth-order valence-corrected chi connectivity index (χ4v) is 1.15. The lowest BCUT2D eigenvalue weighted by atomic mass is 10.4. The quantitative estimate of drug-likeness (QED) is 0.215. The molecule has 0 radical (unpaired) electrons. The first-order chi connectivity index (χ1) is 6.57. The van der Waals surface area contributed by atoms with E-state index in [9.17, 15) is 9.36 Å². The molecule has 0 rings (SSSR count). The lowest BCUT2D eigenvalue weighted by Crippen LogP contribution is -2.09. The van der Waals surface area contributed by atoms with E-state index < -0.39 is 14.0 Å². The fourth-order valence-electron chi connectivity index (χ4n) is 0.555. The molecule has 0 fully saturated rings. The average molecular weight is 217 g/mol. The minimum Gasteiger partial charge on any atom is -0.460 e. The van der Waals surface area contributed by atoms with Gasteiger partial charge in [0, 0.05) is 5.57 Å². The van der Waals surface area contributed by atoms with Crippen LogP contribution < -0.4 is 0 Å². The first kappa shape index (κ1) is 13.0. The summed E-state index contributed by atoms with van der Waals surface area (Å²) in [6.45, 7) is 8.60. The lowest BCUT2D eigenvalue weighted by Gasteiger charge is -2.00. The van der Waals surface area contributed by atoms with E-state index >= 15 is 0 Å². The number of rotatable bonds is 7. The van der Waals surface area contributed by atoms with Crippen LogP contribution in [0.15, 0.2) is 24.8 Å². The van der Waals surface area contributed by atoms with E-state index in [0.717, 1.165) is 0 Å².